The van der Waals surface area contributed by atoms with E-state index in [1.807, 2.05) is 17.8 Å². The SMILES string of the molecule is O=S(=O)(c1ccc2c(c1)NCC2)N1CCCSCC1. The summed E-state index contributed by atoms with van der Waals surface area (Å²) >= 11 is 1.83. The van der Waals surface area contributed by atoms with Gasteiger partial charge in [0.1, 0.15) is 0 Å². The van der Waals surface area contributed by atoms with E-state index in [1.54, 1.807) is 16.4 Å². The number of hydrogen-bond donors (Lipinski definition) is 1. The van der Waals surface area contributed by atoms with Crippen LogP contribution >= 0.6 is 11.8 Å². The number of benzene rings is 1. The van der Waals surface area contributed by atoms with Crippen LogP contribution in [-0.2, 0) is 16.4 Å². The van der Waals surface area contributed by atoms with E-state index in [1.165, 1.54) is 5.56 Å². The largest absolute Gasteiger partial charge is 0.384 e. The van der Waals surface area contributed by atoms with Gasteiger partial charge in [0.05, 0.1) is 4.90 Å². The molecule has 1 saturated heterocycles. The summed E-state index contributed by atoms with van der Waals surface area (Å²) in [5.74, 6) is 1.94. The Morgan fingerprint density at radius 3 is 3.00 bits per heavy atom. The van der Waals surface area contributed by atoms with Crippen LogP contribution in [0.4, 0.5) is 5.69 Å². The van der Waals surface area contributed by atoms with E-state index in [0.717, 1.165) is 36.6 Å². The lowest BCUT2D eigenvalue weighted by atomic mass is 10.2. The van der Waals surface area contributed by atoms with Crippen LogP contribution in [0.5, 0.6) is 0 Å². The average Bonchev–Trinajstić information content (AvgIpc) is 2.69. The third kappa shape index (κ3) is 2.61. The first-order valence-electron chi connectivity index (χ1n) is 6.62. The lowest BCUT2D eigenvalue weighted by Crippen LogP contribution is -2.33. The van der Waals surface area contributed by atoms with E-state index in [-0.39, 0.29) is 0 Å². The monoisotopic (exact) mass is 298 g/mol. The molecule has 0 unspecified atom stereocenters. The predicted molar refractivity (Wildman–Crippen MR) is 79.3 cm³/mol. The van der Waals surface area contributed by atoms with Crippen molar-refractivity contribution in [2.75, 3.05) is 36.5 Å². The number of hydrogen-bond acceptors (Lipinski definition) is 4. The third-order valence-electron chi connectivity index (χ3n) is 3.61. The molecule has 104 valence electrons. The first-order chi connectivity index (χ1) is 9.18. The Bertz CT molecular complexity index is 564. The molecular formula is C13H18N2O2S2. The van der Waals surface area contributed by atoms with Crippen molar-refractivity contribution in [2.24, 2.45) is 0 Å². The number of rotatable bonds is 2. The van der Waals surface area contributed by atoms with Gasteiger partial charge in [-0.05, 0) is 36.3 Å². The van der Waals surface area contributed by atoms with Gasteiger partial charge in [0.15, 0.2) is 0 Å². The Hall–Kier alpha value is -0.720. The molecule has 1 N–H and O–H groups in total. The zero-order valence-corrected chi connectivity index (χ0v) is 12.4. The van der Waals surface area contributed by atoms with Gasteiger partial charge in [-0.3, -0.25) is 0 Å². The molecule has 6 heteroatoms. The highest BCUT2D eigenvalue weighted by Gasteiger charge is 2.26. The van der Waals surface area contributed by atoms with Gasteiger partial charge >= 0.3 is 0 Å². The lowest BCUT2D eigenvalue weighted by Gasteiger charge is -2.20. The molecule has 19 heavy (non-hydrogen) atoms. The number of nitrogens with zero attached hydrogens (tertiary/aromatic N) is 1. The second kappa shape index (κ2) is 5.34. The van der Waals surface area contributed by atoms with Crippen LogP contribution in [0.15, 0.2) is 23.1 Å². The van der Waals surface area contributed by atoms with Crippen molar-refractivity contribution in [3.63, 3.8) is 0 Å². The number of sulfonamides is 1. The molecule has 1 aromatic carbocycles. The highest BCUT2D eigenvalue weighted by Crippen LogP contribution is 2.27. The third-order valence-corrected chi connectivity index (χ3v) is 6.55. The molecule has 2 heterocycles. The molecule has 0 radical (unpaired) electrons. The van der Waals surface area contributed by atoms with Crippen molar-refractivity contribution < 1.29 is 8.42 Å². The highest BCUT2D eigenvalue weighted by atomic mass is 32.2. The van der Waals surface area contributed by atoms with Gasteiger partial charge in [0.2, 0.25) is 10.0 Å². The summed E-state index contributed by atoms with van der Waals surface area (Å²) < 4.78 is 26.9. The fraction of sp³-hybridized carbons (Fsp3) is 0.538. The minimum absolute atomic E-state index is 0.424. The van der Waals surface area contributed by atoms with Crippen molar-refractivity contribution in [2.45, 2.75) is 17.7 Å². The van der Waals surface area contributed by atoms with E-state index >= 15 is 0 Å². The molecule has 0 bridgehead atoms. The summed E-state index contributed by atoms with van der Waals surface area (Å²) in [6.45, 7) is 2.16. The zero-order valence-electron chi connectivity index (χ0n) is 10.8. The minimum atomic E-state index is -3.33. The molecule has 3 rings (SSSR count). The molecule has 2 aliphatic heterocycles. The molecule has 1 aromatic rings. The van der Waals surface area contributed by atoms with Gasteiger partial charge in [0.25, 0.3) is 0 Å². The number of anilines is 1. The number of fused-ring (bicyclic) bond motifs is 1. The fourth-order valence-electron chi connectivity index (χ4n) is 2.54. The lowest BCUT2D eigenvalue weighted by molar-refractivity contribution is 0.435. The summed E-state index contributed by atoms with van der Waals surface area (Å²) in [7, 11) is -3.33. The first-order valence-corrected chi connectivity index (χ1v) is 9.22. The van der Waals surface area contributed by atoms with Gasteiger partial charge in [-0.2, -0.15) is 16.1 Å². The van der Waals surface area contributed by atoms with Crippen LogP contribution in [0, 0.1) is 0 Å². The molecule has 0 amide bonds. The standard InChI is InChI=1S/C13H18N2O2S2/c16-19(17,15-6-1-8-18-9-7-15)12-3-2-11-4-5-14-13(11)10-12/h2-3,10,14H,1,4-9H2. The Balaban J connectivity index is 1.90. The topological polar surface area (TPSA) is 49.4 Å². The molecular weight excluding hydrogens is 280 g/mol. The first kappa shape index (κ1) is 13.3. The predicted octanol–water partition coefficient (Wildman–Crippen LogP) is 1.78. The van der Waals surface area contributed by atoms with Crippen LogP contribution in [0.25, 0.3) is 0 Å². The molecule has 2 aliphatic rings. The van der Waals surface area contributed by atoms with Crippen LogP contribution < -0.4 is 5.32 Å². The second-order valence-corrected chi connectivity index (χ2v) is 8.03. The van der Waals surface area contributed by atoms with Crippen molar-refractivity contribution >= 4 is 27.5 Å². The summed E-state index contributed by atoms with van der Waals surface area (Å²) in [6, 6.07) is 5.48. The van der Waals surface area contributed by atoms with Crippen molar-refractivity contribution in [3.05, 3.63) is 23.8 Å². The van der Waals surface area contributed by atoms with E-state index in [2.05, 4.69) is 5.32 Å². The van der Waals surface area contributed by atoms with E-state index in [9.17, 15) is 8.42 Å². The average molecular weight is 298 g/mol. The van der Waals surface area contributed by atoms with E-state index < -0.39 is 10.0 Å². The zero-order chi connectivity index (χ0) is 13.3. The molecule has 0 aromatic heterocycles. The van der Waals surface area contributed by atoms with E-state index in [0.29, 0.717) is 18.0 Å². The van der Waals surface area contributed by atoms with E-state index in [4.69, 9.17) is 0 Å². The van der Waals surface area contributed by atoms with Gasteiger partial charge in [0, 0.05) is 31.1 Å². The summed E-state index contributed by atoms with van der Waals surface area (Å²) in [5, 5.41) is 3.24. The second-order valence-electron chi connectivity index (χ2n) is 4.87. The minimum Gasteiger partial charge on any atom is -0.384 e. The molecule has 1 fully saturated rings. The van der Waals surface area contributed by atoms with Crippen LogP contribution in [0.1, 0.15) is 12.0 Å². The van der Waals surface area contributed by atoms with Crippen LogP contribution in [0.3, 0.4) is 0 Å². The van der Waals surface area contributed by atoms with Gasteiger partial charge in [-0.25, -0.2) is 8.42 Å². The van der Waals surface area contributed by atoms with Gasteiger partial charge in [-0.15, -0.1) is 0 Å². The Labute approximate surface area is 118 Å². The quantitative estimate of drug-likeness (QED) is 0.904. The Kier molecular flexibility index (Phi) is 3.73. The molecule has 0 atom stereocenters. The van der Waals surface area contributed by atoms with Crippen LogP contribution in [0.2, 0.25) is 0 Å². The van der Waals surface area contributed by atoms with Crippen molar-refractivity contribution in [3.8, 4) is 0 Å². The Morgan fingerprint density at radius 2 is 2.11 bits per heavy atom. The van der Waals surface area contributed by atoms with Gasteiger partial charge < -0.3 is 5.32 Å². The normalized spacial score (nSPS) is 20.6. The maximum absolute atomic E-state index is 12.6. The number of thioether (sulfide) groups is 1. The van der Waals surface area contributed by atoms with Gasteiger partial charge in [-0.1, -0.05) is 6.07 Å². The maximum Gasteiger partial charge on any atom is 0.243 e. The van der Waals surface area contributed by atoms with Crippen molar-refractivity contribution in [1.82, 2.24) is 4.31 Å². The molecule has 0 spiro atoms. The maximum atomic E-state index is 12.6. The Morgan fingerprint density at radius 1 is 1.21 bits per heavy atom. The molecule has 0 aliphatic carbocycles. The smallest absolute Gasteiger partial charge is 0.243 e. The summed E-state index contributed by atoms with van der Waals surface area (Å²) in [6.07, 6.45) is 1.92. The van der Waals surface area contributed by atoms with Crippen molar-refractivity contribution in [1.29, 1.82) is 0 Å². The fourth-order valence-corrected chi connectivity index (χ4v) is 5.05. The molecule has 0 saturated carbocycles. The summed E-state index contributed by atoms with van der Waals surface area (Å²) in [5.41, 5.74) is 2.19. The highest BCUT2D eigenvalue weighted by molar-refractivity contribution is 7.99. The molecule has 4 nitrogen and oxygen atoms in total. The van der Waals surface area contributed by atoms with Crippen LogP contribution in [-0.4, -0.2) is 43.9 Å². The summed E-state index contributed by atoms with van der Waals surface area (Å²) in [4.78, 5) is 0.424. The number of nitrogens with one attached hydrogen (secondary N) is 1.